The van der Waals surface area contributed by atoms with E-state index in [1.165, 1.54) is 11.6 Å². The number of anilines is 1. The van der Waals surface area contributed by atoms with E-state index >= 15 is 0 Å². The summed E-state index contributed by atoms with van der Waals surface area (Å²) in [4.78, 5) is 12.4. The summed E-state index contributed by atoms with van der Waals surface area (Å²) in [6, 6.07) is 21.7. The number of hydrogen-bond donors (Lipinski definition) is 1. The van der Waals surface area contributed by atoms with Crippen molar-refractivity contribution in [1.82, 2.24) is 0 Å². The Labute approximate surface area is 185 Å². The molecule has 0 spiro atoms. The van der Waals surface area contributed by atoms with Gasteiger partial charge < -0.3 is 10.1 Å². The zero-order valence-corrected chi connectivity index (χ0v) is 17.7. The largest absolute Gasteiger partial charge is 0.487 e. The molecule has 0 aliphatic heterocycles. The molecule has 1 amide bonds. The Bertz CT molecular complexity index is 1130. The quantitative estimate of drug-likeness (QED) is 0.357. The molecule has 30 heavy (non-hydrogen) atoms. The molecule has 0 saturated carbocycles. The number of halogens is 2. The number of ether oxygens (including phenoxy) is 1. The lowest BCUT2D eigenvalue weighted by Gasteiger charge is -2.09. The van der Waals surface area contributed by atoms with E-state index in [1.807, 2.05) is 37.3 Å². The first-order chi connectivity index (χ1) is 14.4. The summed E-state index contributed by atoms with van der Waals surface area (Å²) >= 11 is 12.2. The number of nitriles is 1. The molecule has 0 atom stereocenters. The van der Waals surface area contributed by atoms with Crippen LogP contribution in [0.1, 0.15) is 16.7 Å². The van der Waals surface area contributed by atoms with E-state index in [0.717, 1.165) is 5.56 Å². The minimum Gasteiger partial charge on any atom is -0.487 e. The zero-order chi connectivity index (χ0) is 21.5. The van der Waals surface area contributed by atoms with Crippen LogP contribution in [0.15, 0.2) is 72.3 Å². The number of hydrogen-bond acceptors (Lipinski definition) is 3. The lowest BCUT2D eigenvalue weighted by atomic mass is 10.1. The monoisotopic (exact) mass is 436 g/mol. The normalized spacial score (nSPS) is 10.9. The van der Waals surface area contributed by atoms with Crippen LogP contribution in [0.2, 0.25) is 10.0 Å². The van der Waals surface area contributed by atoms with Gasteiger partial charge in [0.1, 0.15) is 24.0 Å². The Kier molecular flexibility index (Phi) is 7.13. The Hall–Kier alpha value is -3.26. The maximum atomic E-state index is 12.4. The van der Waals surface area contributed by atoms with Crippen LogP contribution >= 0.6 is 23.2 Å². The van der Waals surface area contributed by atoms with E-state index in [0.29, 0.717) is 33.7 Å². The molecule has 1 N–H and O–H groups in total. The van der Waals surface area contributed by atoms with Crippen molar-refractivity contribution >= 4 is 40.9 Å². The standard InChI is InChI=1S/C24H18Cl2N2O2/c1-16-5-7-17(8-6-16)15-30-23-10-9-18(12-22(23)26)11-19(14-27)24(29)28-21-4-2-3-20(25)13-21/h2-13H,15H2,1H3,(H,28,29)/b19-11+. The molecule has 0 aliphatic rings. The predicted octanol–water partition coefficient (Wildman–Crippen LogP) is 6.43. The molecule has 3 aromatic carbocycles. The second-order valence-electron chi connectivity index (χ2n) is 6.60. The number of nitrogens with zero attached hydrogens (tertiary/aromatic N) is 1. The summed E-state index contributed by atoms with van der Waals surface area (Å²) < 4.78 is 5.78. The summed E-state index contributed by atoms with van der Waals surface area (Å²) in [5.74, 6) is -0.00753. The fourth-order valence-electron chi connectivity index (χ4n) is 2.65. The van der Waals surface area contributed by atoms with Crippen molar-refractivity contribution in [3.05, 3.63) is 99.0 Å². The summed E-state index contributed by atoms with van der Waals surface area (Å²) in [6.45, 7) is 2.42. The summed E-state index contributed by atoms with van der Waals surface area (Å²) in [5.41, 5.74) is 3.28. The lowest BCUT2D eigenvalue weighted by molar-refractivity contribution is -0.112. The van der Waals surface area contributed by atoms with Gasteiger partial charge in [0, 0.05) is 10.7 Å². The summed E-state index contributed by atoms with van der Waals surface area (Å²) in [6.07, 6.45) is 1.47. The van der Waals surface area contributed by atoms with Gasteiger partial charge in [0.25, 0.3) is 5.91 Å². The Morgan fingerprint density at radius 1 is 1.10 bits per heavy atom. The number of aryl methyl sites for hydroxylation is 1. The Balaban J connectivity index is 1.70. The molecule has 0 fully saturated rings. The van der Waals surface area contributed by atoms with Gasteiger partial charge in [-0.25, -0.2) is 0 Å². The van der Waals surface area contributed by atoms with Crippen LogP contribution in [0.3, 0.4) is 0 Å². The third-order valence-corrected chi connectivity index (χ3v) is 4.76. The van der Waals surface area contributed by atoms with E-state index in [1.54, 1.807) is 42.5 Å². The molecule has 4 nitrogen and oxygen atoms in total. The molecule has 0 saturated heterocycles. The fraction of sp³-hybridized carbons (Fsp3) is 0.0833. The number of nitrogens with one attached hydrogen (secondary N) is 1. The molecule has 0 bridgehead atoms. The van der Waals surface area contributed by atoms with Gasteiger partial charge in [-0.3, -0.25) is 4.79 Å². The van der Waals surface area contributed by atoms with Gasteiger partial charge in [-0.05, 0) is 54.5 Å². The zero-order valence-electron chi connectivity index (χ0n) is 16.2. The van der Waals surface area contributed by atoms with Crippen LogP contribution in [-0.2, 0) is 11.4 Å². The van der Waals surface area contributed by atoms with Crippen LogP contribution in [0.4, 0.5) is 5.69 Å². The maximum Gasteiger partial charge on any atom is 0.266 e. The second-order valence-corrected chi connectivity index (χ2v) is 7.44. The van der Waals surface area contributed by atoms with Gasteiger partial charge in [-0.2, -0.15) is 5.26 Å². The molecule has 0 radical (unpaired) electrons. The summed E-state index contributed by atoms with van der Waals surface area (Å²) in [5, 5.41) is 12.9. The number of carbonyl (C=O) groups excluding carboxylic acids is 1. The highest BCUT2D eigenvalue weighted by molar-refractivity contribution is 6.32. The van der Waals surface area contributed by atoms with Crippen molar-refractivity contribution in [2.45, 2.75) is 13.5 Å². The first-order valence-electron chi connectivity index (χ1n) is 9.11. The maximum absolute atomic E-state index is 12.4. The van der Waals surface area contributed by atoms with Crippen molar-refractivity contribution in [3.8, 4) is 11.8 Å². The molecule has 0 heterocycles. The third kappa shape index (κ3) is 5.87. The van der Waals surface area contributed by atoms with Gasteiger partial charge in [0.15, 0.2) is 0 Å². The Morgan fingerprint density at radius 2 is 1.87 bits per heavy atom. The molecule has 0 aliphatic carbocycles. The van der Waals surface area contributed by atoms with Crippen LogP contribution in [-0.4, -0.2) is 5.91 Å². The molecule has 150 valence electrons. The van der Waals surface area contributed by atoms with Crippen LogP contribution in [0, 0.1) is 18.3 Å². The average molecular weight is 437 g/mol. The predicted molar refractivity (Wildman–Crippen MR) is 121 cm³/mol. The minimum atomic E-state index is -0.532. The number of benzene rings is 3. The van der Waals surface area contributed by atoms with Crippen LogP contribution < -0.4 is 10.1 Å². The fourth-order valence-corrected chi connectivity index (χ4v) is 3.08. The molecule has 6 heteroatoms. The van der Waals surface area contributed by atoms with E-state index in [4.69, 9.17) is 27.9 Å². The van der Waals surface area contributed by atoms with Gasteiger partial charge >= 0.3 is 0 Å². The molecular formula is C24H18Cl2N2O2. The van der Waals surface area contributed by atoms with Crippen molar-refractivity contribution in [2.24, 2.45) is 0 Å². The highest BCUT2D eigenvalue weighted by Crippen LogP contribution is 2.27. The smallest absolute Gasteiger partial charge is 0.266 e. The molecular weight excluding hydrogens is 419 g/mol. The highest BCUT2D eigenvalue weighted by Gasteiger charge is 2.11. The van der Waals surface area contributed by atoms with Crippen molar-refractivity contribution in [1.29, 1.82) is 5.26 Å². The van der Waals surface area contributed by atoms with Crippen LogP contribution in [0.25, 0.3) is 6.08 Å². The third-order valence-electron chi connectivity index (χ3n) is 4.23. The average Bonchev–Trinajstić information content (AvgIpc) is 2.72. The van der Waals surface area contributed by atoms with Crippen LogP contribution in [0.5, 0.6) is 5.75 Å². The first kappa shape index (κ1) is 21.4. The summed E-state index contributed by atoms with van der Waals surface area (Å²) in [7, 11) is 0. The van der Waals surface area contributed by atoms with Crippen molar-refractivity contribution in [2.75, 3.05) is 5.32 Å². The topological polar surface area (TPSA) is 62.1 Å². The van der Waals surface area contributed by atoms with E-state index < -0.39 is 5.91 Å². The molecule has 0 aromatic heterocycles. The van der Waals surface area contributed by atoms with E-state index in [9.17, 15) is 10.1 Å². The number of rotatable bonds is 6. The van der Waals surface area contributed by atoms with Crippen molar-refractivity contribution in [3.63, 3.8) is 0 Å². The van der Waals surface area contributed by atoms with E-state index in [-0.39, 0.29) is 5.57 Å². The van der Waals surface area contributed by atoms with Gasteiger partial charge in [-0.1, -0.05) is 65.2 Å². The van der Waals surface area contributed by atoms with Gasteiger partial charge in [-0.15, -0.1) is 0 Å². The van der Waals surface area contributed by atoms with E-state index in [2.05, 4.69) is 5.32 Å². The highest BCUT2D eigenvalue weighted by atomic mass is 35.5. The molecule has 0 unspecified atom stereocenters. The first-order valence-corrected chi connectivity index (χ1v) is 9.87. The molecule has 3 rings (SSSR count). The lowest BCUT2D eigenvalue weighted by Crippen LogP contribution is -2.13. The minimum absolute atomic E-state index is 0.0561. The second kappa shape index (κ2) is 9.98. The SMILES string of the molecule is Cc1ccc(COc2ccc(/C=C(\C#N)C(=O)Nc3cccc(Cl)c3)cc2Cl)cc1. The van der Waals surface area contributed by atoms with Gasteiger partial charge in [0.2, 0.25) is 0 Å². The van der Waals surface area contributed by atoms with Crippen molar-refractivity contribution < 1.29 is 9.53 Å². The molecule has 3 aromatic rings. The number of amides is 1. The van der Waals surface area contributed by atoms with Gasteiger partial charge in [0.05, 0.1) is 5.02 Å². The number of carbonyl (C=O) groups is 1. The Morgan fingerprint density at radius 3 is 2.53 bits per heavy atom.